The minimum atomic E-state index is 0.747. The molecule has 0 atom stereocenters. The van der Waals surface area contributed by atoms with Crippen molar-refractivity contribution < 1.29 is 0 Å². The lowest BCUT2D eigenvalue weighted by molar-refractivity contribution is 0.655. The molecule has 0 bridgehead atoms. The van der Waals surface area contributed by atoms with Gasteiger partial charge in [-0.25, -0.2) is 0 Å². The zero-order chi connectivity index (χ0) is 17.0. The smallest absolute Gasteiger partial charge is 0.0412 e. The highest BCUT2D eigenvalue weighted by molar-refractivity contribution is 6.31. The van der Waals surface area contributed by atoms with E-state index in [1.165, 1.54) is 12.8 Å². The van der Waals surface area contributed by atoms with Gasteiger partial charge < -0.3 is 0 Å². The summed E-state index contributed by atoms with van der Waals surface area (Å²) in [5.41, 5.74) is 2.11. The van der Waals surface area contributed by atoms with Crippen molar-refractivity contribution in [1.29, 1.82) is 0 Å². The van der Waals surface area contributed by atoms with Gasteiger partial charge in [-0.1, -0.05) is 60.3 Å². The monoisotopic (exact) mass is 360 g/mol. The SMILES string of the molecule is Clc1cccc(C=NCCCCCCN=Cc2cccc(Cl)c2)c1. The molecule has 24 heavy (non-hydrogen) atoms. The molecule has 126 valence electrons. The van der Waals surface area contributed by atoms with E-state index in [-0.39, 0.29) is 0 Å². The Morgan fingerprint density at radius 2 is 1.12 bits per heavy atom. The molecule has 0 spiro atoms. The molecular weight excluding hydrogens is 339 g/mol. The van der Waals surface area contributed by atoms with Crippen LogP contribution in [0.4, 0.5) is 0 Å². The summed E-state index contributed by atoms with van der Waals surface area (Å²) < 4.78 is 0. The molecular formula is C20H22Cl2N2. The van der Waals surface area contributed by atoms with Crippen LogP contribution in [0.15, 0.2) is 58.5 Å². The van der Waals surface area contributed by atoms with Crippen LogP contribution in [0.3, 0.4) is 0 Å². The van der Waals surface area contributed by atoms with E-state index in [2.05, 4.69) is 9.98 Å². The summed E-state index contributed by atoms with van der Waals surface area (Å²) in [6.45, 7) is 1.72. The van der Waals surface area contributed by atoms with E-state index in [9.17, 15) is 0 Å². The summed E-state index contributed by atoms with van der Waals surface area (Å²) in [7, 11) is 0. The van der Waals surface area contributed by atoms with Gasteiger partial charge in [-0.3, -0.25) is 9.98 Å². The van der Waals surface area contributed by atoms with Gasteiger partial charge in [0.2, 0.25) is 0 Å². The van der Waals surface area contributed by atoms with E-state index in [1.54, 1.807) is 0 Å². The molecule has 0 fully saturated rings. The zero-order valence-electron chi connectivity index (χ0n) is 13.7. The molecule has 0 aliphatic heterocycles. The molecule has 4 heteroatoms. The highest BCUT2D eigenvalue weighted by Gasteiger charge is 1.92. The molecule has 2 aromatic carbocycles. The molecule has 0 aliphatic carbocycles. The third-order valence-electron chi connectivity index (χ3n) is 3.50. The zero-order valence-corrected chi connectivity index (χ0v) is 15.2. The predicted octanol–water partition coefficient (Wildman–Crippen LogP) is 6.09. The van der Waals surface area contributed by atoms with Gasteiger partial charge in [0.25, 0.3) is 0 Å². The van der Waals surface area contributed by atoms with Crippen molar-refractivity contribution in [2.24, 2.45) is 9.98 Å². The second-order valence-electron chi connectivity index (χ2n) is 5.59. The van der Waals surface area contributed by atoms with Gasteiger partial charge in [-0.2, -0.15) is 0 Å². The van der Waals surface area contributed by atoms with Crippen molar-refractivity contribution in [3.05, 3.63) is 69.7 Å². The van der Waals surface area contributed by atoms with E-state index in [4.69, 9.17) is 23.2 Å². The lowest BCUT2D eigenvalue weighted by Crippen LogP contribution is -1.88. The van der Waals surface area contributed by atoms with Crippen molar-refractivity contribution in [2.75, 3.05) is 13.1 Å². The molecule has 2 aromatic rings. The summed E-state index contributed by atoms with van der Waals surface area (Å²) in [4.78, 5) is 8.88. The van der Waals surface area contributed by atoms with Crippen LogP contribution < -0.4 is 0 Å². The highest BCUT2D eigenvalue weighted by atomic mass is 35.5. The van der Waals surface area contributed by atoms with Crippen molar-refractivity contribution in [2.45, 2.75) is 25.7 Å². The summed E-state index contributed by atoms with van der Waals surface area (Å²) in [6, 6.07) is 15.5. The first-order chi connectivity index (χ1) is 11.7. The molecule has 2 rings (SSSR count). The number of aliphatic imine (C=N–C) groups is 2. The van der Waals surface area contributed by atoms with Crippen molar-refractivity contribution >= 4 is 35.6 Å². The molecule has 0 saturated carbocycles. The van der Waals surface area contributed by atoms with Crippen LogP contribution >= 0.6 is 23.2 Å². The summed E-state index contributed by atoms with van der Waals surface area (Å²) in [5, 5.41) is 1.49. The Morgan fingerprint density at radius 1 is 0.667 bits per heavy atom. The van der Waals surface area contributed by atoms with E-state index in [1.807, 2.05) is 61.0 Å². The first-order valence-corrected chi connectivity index (χ1v) is 9.00. The van der Waals surface area contributed by atoms with Crippen LogP contribution in [0.1, 0.15) is 36.8 Å². The quantitative estimate of drug-likeness (QED) is 0.381. The number of hydrogen-bond donors (Lipinski definition) is 0. The van der Waals surface area contributed by atoms with Crippen molar-refractivity contribution in [3.63, 3.8) is 0 Å². The number of nitrogens with zero attached hydrogens (tertiary/aromatic N) is 2. The van der Waals surface area contributed by atoms with E-state index in [0.29, 0.717) is 0 Å². The third-order valence-corrected chi connectivity index (χ3v) is 3.97. The second kappa shape index (κ2) is 11.0. The number of hydrogen-bond acceptors (Lipinski definition) is 2. The molecule has 0 aromatic heterocycles. The highest BCUT2D eigenvalue weighted by Crippen LogP contribution is 2.10. The van der Waals surface area contributed by atoms with Crippen molar-refractivity contribution in [3.8, 4) is 0 Å². The predicted molar refractivity (Wildman–Crippen MR) is 106 cm³/mol. The van der Waals surface area contributed by atoms with Gasteiger partial charge in [-0.15, -0.1) is 0 Å². The maximum atomic E-state index is 5.93. The Morgan fingerprint density at radius 3 is 1.54 bits per heavy atom. The van der Waals surface area contributed by atoms with E-state index >= 15 is 0 Å². The van der Waals surface area contributed by atoms with Gasteiger partial charge in [-0.05, 0) is 48.2 Å². The lowest BCUT2D eigenvalue weighted by atomic mass is 10.2. The molecule has 0 radical (unpaired) electrons. The average molecular weight is 361 g/mol. The Labute approximate surface area is 154 Å². The van der Waals surface area contributed by atoms with E-state index < -0.39 is 0 Å². The van der Waals surface area contributed by atoms with Crippen LogP contribution in [-0.2, 0) is 0 Å². The van der Waals surface area contributed by atoms with Crippen LogP contribution in [0.5, 0.6) is 0 Å². The summed E-state index contributed by atoms with van der Waals surface area (Å²) in [5.74, 6) is 0. The fourth-order valence-corrected chi connectivity index (χ4v) is 2.67. The van der Waals surface area contributed by atoms with Gasteiger partial charge in [0.1, 0.15) is 0 Å². The Bertz CT molecular complexity index is 621. The largest absolute Gasteiger partial charge is 0.293 e. The maximum Gasteiger partial charge on any atom is 0.0412 e. The Kier molecular flexibility index (Phi) is 8.58. The number of halogens is 2. The summed E-state index contributed by atoms with van der Waals surface area (Å²) in [6.07, 6.45) is 8.35. The molecule has 0 saturated heterocycles. The van der Waals surface area contributed by atoms with E-state index in [0.717, 1.165) is 47.1 Å². The molecule has 0 aliphatic rings. The molecule has 2 nitrogen and oxygen atoms in total. The minimum absolute atomic E-state index is 0.747. The molecule has 0 heterocycles. The van der Waals surface area contributed by atoms with Crippen LogP contribution in [-0.4, -0.2) is 25.5 Å². The van der Waals surface area contributed by atoms with Crippen LogP contribution in [0, 0.1) is 0 Å². The fourth-order valence-electron chi connectivity index (χ4n) is 2.27. The van der Waals surface area contributed by atoms with Gasteiger partial charge in [0.05, 0.1) is 0 Å². The Hall–Kier alpha value is -1.64. The maximum absolute atomic E-state index is 5.93. The number of unbranched alkanes of at least 4 members (excludes halogenated alkanes) is 3. The minimum Gasteiger partial charge on any atom is -0.293 e. The number of benzene rings is 2. The van der Waals surface area contributed by atoms with Gasteiger partial charge >= 0.3 is 0 Å². The third kappa shape index (κ3) is 7.76. The molecule has 0 amide bonds. The van der Waals surface area contributed by atoms with Gasteiger partial charge in [0.15, 0.2) is 0 Å². The van der Waals surface area contributed by atoms with Crippen LogP contribution in [0.25, 0.3) is 0 Å². The lowest BCUT2D eigenvalue weighted by Gasteiger charge is -1.98. The van der Waals surface area contributed by atoms with Crippen LogP contribution in [0.2, 0.25) is 10.0 Å². The molecule has 0 unspecified atom stereocenters. The second-order valence-corrected chi connectivity index (χ2v) is 6.47. The topological polar surface area (TPSA) is 24.7 Å². The normalized spacial score (nSPS) is 11.6. The van der Waals surface area contributed by atoms with Crippen molar-refractivity contribution in [1.82, 2.24) is 0 Å². The standard InChI is InChI=1S/C20H22Cl2N2/c21-19-9-5-7-17(13-19)15-23-11-3-1-2-4-12-24-16-18-8-6-10-20(22)14-18/h5-10,13-16H,1-4,11-12H2. The first kappa shape index (κ1) is 18.7. The average Bonchev–Trinajstić information content (AvgIpc) is 2.57. The number of rotatable bonds is 9. The fraction of sp³-hybridized carbons (Fsp3) is 0.300. The van der Waals surface area contributed by atoms with Gasteiger partial charge in [0, 0.05) is 35.6 Å². The Balaban J connectivity index is 1.52. The molecule has 0 N–H and O–H groups in total. The summed E-state index contributed by atoms with van der Waals surface area (Å²) >= 11 is 11.9. The first-order valence-electron chi connectivity index (χ1n) is 8.25.